The molecule has 4 aliphatic rings. The van der Waals surface area contributed by atoms with Crippen molar-refractivity contribution in [3.8, 4) is 0 Å². The van der Waals surface area contributed by atoms with Crippen LogP contribution >= 0.6 is 0 Å². The van der Waals surface area contributed by atoms with Crippen molar-refractivity contribution >= 4 is 5.97 Å². The molecule has 3 fully saturated rings. The van der Waals surface area contributed by atoms with Crippen molar-refractivity contribution in [3.05, 3.63) is 24.3 Å². The lowest BCUT2D eigenvalue weighted by molar-refractivity contribution is -0.172. The van der Waals surface area contributed by atoms with Crippen LogP contribution in [0, 0.1) is 34.5 Å². The van der Waals surface area contributed by atoms with Crippen molar-refractivity contribution in [1.82, 2.24) is 0 Å². The minimum Gasteiger partial charge on any atom is -0.459 e. The molecule has 0 radical (unpaired) electrons. The maximum absolute atomic E-state index is 13.0. The van der Waals surface area contributed by atoms with Gasteiger partial charge < -0.3 is 9.47 Å². The van der Waals surface area contributed by atoms with Crippen molar-refractivity contribution < 1.29 is 14.3 Å². The van der Waals surface area contributed by atoms with E-state index in [2.05, 4.69) is 46.4 Å². The summed E-state index contributed by atoms with van der Waals surface area (Å²) in [5.74, 6) is 0.944. The average Bonchev–Trinajstić information content (AvgIpc) is 3.23. The Bertz CT molecular complexity index is 613. The molecule has 138 valence electrons. The summed E-state index contributed by atoms with van der Waals surface area (Å²) in [5, 5.41) is 0. The van der Waals surface area contributed by atoms with E-state index in [4.69, 9.17) is 9.47 Å². The predicted molar refractivity (Wildman–Crippen MR) is 97.9 cm³/mol. The molecular formula is C22H32O3. The van der Waals surface area contributed by atoms with Crippen LogP contribution in [-0.4, -0.2) is 24.8 Å². The van der Waals surface area contributed by atoms with E-state index in [0.717, 1.165) is 24.8 Å². The highest BCUT2D eigenvalue weighted by molar-refractivity contribution is 5.78. The Morgan fingerprint density at radius 3 is 2.76 bits per heavy atom. The average molecular weight is 344 g/mol. The number of rotatable bonds is 4. The third-order valence-electron chi connectivity index (χ3n) is 6.89. The number of hydrogen-bond acceptors (Lipinski definition) is 3. The van der Waals surface area contributed by atoms with Crippen LogP contribution in [-0.2, 0) is 14.3 Å². The summed E-state index contributed by atoms with van der Waals surface area (Å²) >= 11 is 0. The Labute approximate surface area is 151 Å². The van der Waals surface area contributed by atoms with Gasteiger partial charge in [-0.2, -0.15) is 0 Å². The standard InChI is InChI=1S/C22H32O3/c1-13-14-6-7-15(10-14)17(13)20(23)25-18-16-8-9-22(5,11-16)19(18)24-12-21(2,3)4/h6-7,14-19H,1,8-12H2,2-5H3/t14-,15+,16+,17+,18-,19-,22-/m1/s1. The van der Waals surface area contributed by atoms with Gasteiger partial charge in [-0.3, -0.25) is 4.79 Å². The van der Waals surface area contributed by atoms with Gasteiger partial charge in [-0.1, -0.05) is 52.0 Å². The summed E-state index contributed by atoms with van der Waals surface area (Å²) in [6.07, 6.45) is 8.84. The molecular weight excluding hydrogens is 312 g/mol. The summed E-state index contributed by atoms with van der Waals surface area (Å²) in [7, 11) is 0. The van der Waals surface area contributed by atoms with Crippen LogP contribution in [0.4, 0.5) is 0 Å². The molecule has 0 amide bonds. The Balaban J connectivity index is 1.47. The van der Waals surface area contributed by atoms with Gasteiger partial charge >= 0.3 is 5.97 Å². The predicted octanol–water partition coefficient (Wildman–Crippen LogP) is 4.53. The zero-order valence-electron chi connectivity index (χ0n) is 16.1. The molecule has 0 aromatic carbocycles. The van der Waals surface area contributed by atoms with Crippen molar-refractivity contribution in [2.75, 3.05) is 6.61 Å². The van der Waals surface area contributed by atoms with E-state index in [1.54, 1.807) is 0 Å². The minimum absolute atomic E-state index is 0.0387. The van der Waals surface area contributed by atoms with E-state index in [9.17, 15) is 4.79 Å². The Morgan fingerprint density at radius 1 is 1.36 bits per heavy atom. The zero-order chi connectivity index (χ0) is 18.0. The first-order valence-corrected chi connectivity index (χ1v) is 9.87. The molecule has 3 heteroatoms. The van der Waals surface area contributed by atoms with Crippen molar-refractivity contribution in [2.24, 2.45) is 34.5 Å². The van der Waals surface area contributed by atoms with Gasteiger partial charge in [0, 0.05) is 0 Å². The van der Waals surface area contributed by atoms with Crippen LogP contribution in [0.25, 0.3) is 0 Å². The highest BCUT2D eigenvalue weighted by Gasteiger charge is 2.58. The fourth-order valence-corrected chi connectivity index (χ4v) is 5.58. The third kappa shape index (κ3) is 2.89. The monoisotopic (exact) mass is 344 g/mol. The van der Waals surface area contributed by atoms with Gasteiger partial charge in [-0.15, -0.1) is 0 Å². The molecule has 7 atom stereocenters. The summed E-state index contributed by atoms with van der Waals surface area (Å²) in [4.78, 5) is 13.0. The number of allylic oxidation sites excluding steroid dienone is 2. The van der Waals surface area contributed by atoms with Crippen LogP contribution in [0.3, 0.4) is 0 Å². The number of carbonyl (C=O) groups excluding carboxylic acids is 1. The molecule has 0 aromatic rings. The van der Waals surface area contributed by atoms with Gasteiger partial charge in [-0.25, -0.2) is 0 Å². The minimum atomic E-state index is -0.134. The SMILES string of the molecule is C=C1[C@H](C(=O)O[C@@H]2[C@H]3CC[C@](C)(C3)[C@@H]2OCC(C)(C)C)[C@H]2C=C[C@@H]1C2. The molecule has 0 unspecified atom stereocenters. The molecule has 0 aliphatic heterocycles. The molecule has 3 saturated carbocycles. The van der Waals surface area contributed by atoms with Crippen molar-refractivity contribution in [1.29, 1.82) is 0 Å². The van der Waals surface area contributed by atoms with E-state index in [-0.39, 0.29) is 34.9 Å². The molecule has 4 aliphatic carbocycles. The lowest BCUT2D eigenvalue weighted by Gasteiger charge is -2.38. The Morgan fingerprint density at radius 2 is 2.12 bits per heavy atom. The molecule has 0 spiro atoms. The number of hydrogen-bond donors (Lipinski definition) is 0. The summed E-state index contributed by atoms with van der Waals surface area (Å²) in [5.41, 5.74) is 1.34. The van der Waals surface area contributed by atoms with Gasteiger partial charge in [0.15, 0.2) is 0 Å². The van der Waals surface area contributed by atoms with Gasteiger partial charge in [0.2, 0.25) is 0 Å². The number of esters is 1. The van der Waals surface area contributed by atoms with Crippen molar-refractivity contribution in [3.63, 3.8) is 0 Å². The molecule has 0 N–H and O–H groups in total. The Kier molecular flexibility index (Phi) is 3.95. The maximum Gasteiger partial charge on any atom is 0.314 e. The Hall–Kier alpha value is -1.09. The normalized spacial score (nSPS) is 44.7. The smallest absolute Gasteiger partial charge is 0.314 e. The van der Waals surface area contributed by atoms with Crippen LogP contribution in [0.15, 0.2) is 24.3 Å². The second-order valence-electron chi connectivity index (χ2n) is 10.3. The largest absolute Gasteiger partial charge is 0.459 e. The lowest BCUT2D eigenvalue weighted by atomic mass is 9.82. The zero-order valence-corrected chi connectivity index (χ0v) is 16.1. The molecule has 25 heavy (non-hydrogen) atoms. The molecule has 4 bridgehead atoms. The van der Waals surface area contributed by atoms with Gasteiger partial charge in [-0.05, 0) is 54.3 Å². The van der Waals surface area contributed by atoms with E-state index in [1.165, 1.54) is 6.42 Å². The fourth-order valence-electron chi connectivity index (χ4n) is 5.58. The number of carbonyl (C=O) groups is 1. The van der Waals surface area contributed by atoms with Crippen LogP contribution in [0.1, 0.15) is 53.4 Å². The number of fused-ring (bicyclic) bond motifs is 4. The summed E-state index contributed by atoms with van der Waals surface area (Å²) in [6.45, 7) is 13.8. The fraction of sp³-hybridized carbons (Fsp3) is 0.773. The van der Waals surface area contributed by atoms with Crippen LogP contribution in [0.2, 0.25) is 0 Å². The first-order valence-electron chi connectivity index (χ1n) is 9.87. The second kappa shape index (κ2) is 5.70. The van der Waals surface area contributed by atoms with Gasteiger partial charge in [0.05, 0.1) is 12.5 Å². The van der Waals surface area contributed by atoms with Gasteiger partial charge in [0.1, 0.15) is 12.2 Å². The first-order chi connectivity index (χ1) is 11.7. The topological polar surface area (TPSA) is 35.5 Å². The lowest BCUT2D eigenvalue weighted by Crippen LogP contribution is -2.45. The van der Waals surface area contributed by atoms with E-state index >= 15 is 0 Å². The van der Waals surface area contributed by atoms with Crippen LogP contribution < -0.4 is 0 Å². The number of ether oxygens (including phenoxy) is 2. The molecule has 0 heterocycles. The van der Waals surface area contributed by atoms with Gasteiger partial charge in [0.25, 0.3) is 0 Å². The summed E-state index contributed by atoms with van der Waals surface area (Å²) < 4.78 is 12.5. The molecule has 0 aromatic heterocycles. The highest BCUT2D eigenvalue weighted by Crippen LogP contribution is 2.57. The molecule has 3 nitrogen and oxygen atoms in total. The van der Waals surface area contributed by atoms with E-state index in [0.29, 0.717) is 24.4 Å². The van der Waals surface area contributed by atoms with Crippen LogP contribution in [0.5, 0.6) is 0 Å². The van der Waals surface area contributed by atoms with Crippen molar-refractivity contribution in [2.45, 2.75) is 65.6 Å². The second-order valence-corrected chi connectivity index (χ2v) is 10.3. The maximum atomic E-state index is 13.0. The third-order valence-corrected chi connectivity index (χ3v) is 6.89. The quantitative estimate of drug-likeness (QED) is 0.555. The molecule has 0 saturated heterocycles. The molecule has 4 rings (SSSR count). The summed E-state index contributed by atoms with van der Waals surface area (Å²) in [6, 6.07) is 0. The van der Waals surface area contributed by atoms with E-state index < -0.39 is 0 Å². The van der Waals surface area contributed by atoms with E-state index in [1.807, 2.05) is 0 Å². The first kappa shape index (κ1) is 17.3. The highest BCUT2D eigenvalue weighted by atomic mass is 16.6.